The van der Waals surface area contributed by atoms with E-state index in [0.29, 0.717) is 12.6 Å². The summed E-state index contributed by atoms with van der Waals surface area (Å²) >= 11 is 2.29. The number of hydrogen-bond acceptors (Lipinski definition) is 2. The van der Waals surface area contributed by atoms with Crippen LogP contribution in [-0.4, -0.2) is 9.78 Å². The van der Waals surface area contributed by atoms with Gasteiger partial charge in [0.2, 0.25) is 0 Å². The second-order valence-corrected chi connectivity index (χ2v) is 6.11. The Balaban J connectivity index is 1.63. The lowest BCUT2D eigenvalue weighted by Crippen LogP contribution is -2.06. The molecule has 4 heteroatoms. The maximum Gasteiger partial charge on any atom is 0.133 e. The van der Waals surface area contributed by atoms with Gasteiger partial charge in [0.15, 0.2) is 0 Å². The van der Waals surface area contributed by atoms with Crippen LogP contribution < -0.4 is 4.74 Å². The first kappa shape index (κ1) is 13.0. The molecule has 3 nitrogen and oxygen atoms in total. The summed E-state index contributed by atoms with van der Waals surface area (Å²) in [6, 6.07) is 10.7. The quantitative estimate of drug-likeness (QED) is 0.757. The van der Waals surface area contributed by atoms with Gasteiger partial charge in [-0.1, -0.05) is 25.0 Å². The van der Waals surface area contributed by atoms with E-state index in [2.05, 4.69) is 44.6 Å². The van der Waals surface area contributed by atoms with Crippen molar-refractivity contribution in [2.75, 3.05) is 0 Å². The van der Waals surface area contributed by atoms with Gasteiger partial charge in [-0.2, -0.15) is 5.10 Å². The molecule has 1 heterocycles. The molecule has 0 unspecified atom stereocenters. The largest absolute Gasteiger partial charge is 0.486 e. The summed E-state index contributed by atoms with van der Waals surface area (Å²) in [6.07, 6.45) is 7.28. The second kappa shape index (κ2) is 5.94. The van der Waals surface area contributed by atoms with Gasteiger partial charge < -0.3 is 4.74 Å². The van der Waals surface area contributed by atoms with Crippen LogP contribution in [0.3, 0.4) is 0 Å². The summed E-state index contributed by atoms with van der Waals surface area (Å²) in [4.78, 5) is 0. The minimum atomic E-state index is 0.541. The molecule has 1 fully saturated rings. The van der Waals surface area contributed by atoms with E-state index in [1.807, 2.05) is 24.3 Å². The highest BCUT2D eigenvalue weighted by atomic mass is 127. The molecular formula is C15H17IN2O. The Kier molecular flexibility index (Phi) is 4.06. The molecule has 0 aliphatic heterocycles. The van der Waals surface area contributed by atoms with E-state index in [-0.39, 0.29) is 0 Å². The predicted molar refractivity (Wildman–Crippen MR) is 83.2 cm³/mol. The second-order valence-electron chi connectivity index (χ2n) is 4.94. The van der Waals surface area contributed by atoms with E-state index >= 15 is 0 Å². The van der Waals surface area contributed by atoms with Crippen LogP contribution in [0, 0.1) is 3.57 Å². The van der Waals surface area contributed by atoms with Gasteiger partial charge in [0.1, 0.15) is 12.4 Å². The first-order valence-electron chi connectivity index (χ1n) is 6.74. The van der Waals surface area contributed by atoms with Gasteiger partial charge in [-0.15, -0.1) is 0 Å². The molecule has 2 aromatic rings. The lowest BCUT2D eigenvalue weighted by atomic mass is 10.3. The summed E-state index contributed by atoms with van der Waals surface area (Å²) in [5, 5.41) is 4.63. The van der Waals surface area contributed by atoms with Gasteiger partial charge in [0.25, 0.3) is 0 Å². The number of halogens is 1. The van der Waals surface area contributed by atoms with Crippen molar-refractivity contribution >= 4 is 22.6 Å². The van der Waals surface area contributed by atoms with Crippen LogP contribution >= 0.6 is 22.6 Å². The van der Waals surface area contributed by atoms with E-state index in [0.717, 1.165) is 15.0 Å². The molecule has 0 saturated heterocycles. The van der Waals surface area contributed by atoms with Crippen molar-refractivity contribution in [3.05, 3.63) is 45.8 Å². The Morgan fingerprint density at radius 3 is 2.79 bits per heavy atom. The van der Waals surface area contributed by atoms with Crippen LogP contribution in [0.5, 0.6) is 5.75 Å². The molecule has 1 aromatic carbocycles. The first-order valence-corrected chi connectivity index (χ1v) is 7.82. The average molecular weight is 368 g/mol. The number of rotatable bonds is 4. The number of ether oxygens (including phenoxy) is 1. The highest BCUT2D eigenvalue weighted by Crippen LogP contribution is 2.28. The van der Waals surface area contributed by atoms with Crippen LogP contribution in [0.1, 0.15) is 37.4 Å². The van der Waals surface area contributed by atoms with Crippen molar-refractivity contribution in [1.29, 1.82) is 0 Å². The third-order valence-corrected chi connectivity index (χ3v) is 4.47. The van der Waals surface area contributed by atoms with E-state index in [1.54, 1.807) is 0 Å². The first-order chi connectivity index (χ1) is 9.33. The Hall–Kier alpha value is -1.04. The monoisotopic (exact) mass is 368 g/mol. The predicted octanol–water partition coefficient (Wildman–Crippen LogP) is 4.18. The Labute approximate surface area is 127 Å². The zero-order valence-corrected chi connectivity index (χ0v) is 12.9. The molecule has 3 rings (SSSR count). The Morgan fingerprint density at radius 1 is 1.21 bits per heavy atom. The summed E-state index contributed by atoms with van der Waals surface area (Å²) in [6.45, 7) is 0.541. The summed E-state index contributed by atoms with van der Waals surface area (Å²) in [5.74, 6) is 0.929. The molecule has 0 atom stereocenters. The third-order valence-electron chi connectivity index (χ3n) is 3.57. The zero-order chi connectivity index (χ0) is 13.1. The SMILES string of the molecule is Ic1ccccc1OCc1ccn(C2CCCC2)n1. The fourth-order valence-electron chi connectivity index (χ4n) is 2.54. The topological polar surface area (TPSA) is 27.1 Å². The van der Waals surface area contributed by atoms with Crippen molar-refractivity contribution in [3.8, 4) is 5.75 Å². The van der Waals surface area contributed by atoms with Gasteiger partial charge in [-0.05, 0) is 53.6 Å². The minimum absolute atomic E-state index is 0.541. The molecule has 19 heavy (non-hydrogen) atoms. The van der Waals surface area contributed by atoms with E-state index in [4.69, 9.17) is 4.74 Å². The summed E-state index contributed by atoms with van der Waals surface area (Å²) in [5.41, 5.74) is 1.01. The molecule has 0 amide bonds. The molecule has 1 aromatic heterocycles. The minimum Gasteiger partial charge on any atom is -0.486 e. The summed E-state index contributed by atoms with van der Waals surface area (Å²) < 4.78 is 9.06. The molecule has 1 aliphatic rings. The van der Waals surface area contributed by atoms with E-state index in [9.17, 15) is 0 Å². The van der Waals surface area contributed by atoms with Gasteiger partial charge in [0, 0.05) is 6.20 Å². The van der Waals surface area contributed by atoms with E-state index in [1.165, 1.54) is 25.7 Å². The van der Waals surface area contributed by atoms with E-state index < -0.39 is 0 Å². The van der Waals surface area contributed by atoms with Crippen molar-refractivity contribution in [2.45, 2.75) is 38.3 Å². The number of nitrogens with zero attached hydrogens (tertiary/aromatic N) is 2. The lowest BCUT2D eigenvalue weighted by molar-refractivity contribution is 0.296. The Bertz CT molecular complexity index is 547. The third kappa shape index (κ3) is 3.11. The number of hydrogen-bond donors (Lipinski definition) is 0. The Morgan fingerprint density at radius 2 is 2.00 bits per heavy atom. The molecule has 100 valence electrons. The molecule has 1 saturated carbocycles. The molecule has 1 aliphatic carbocycles. The van der Waals surface area contributed by atoms with Crippen molar-refractivity contribution in [3.63, 3.8) is 0 Å². The number of aromatic nitrogens is 2. The van der Waals surface area contributed by atoms with Gasteiger partial charge in [0.05, 0.1) is 15.3 Å². The molecule has 0 radical (unpaired) electrons. The lowest BCUT2D eigenvalue weighted by Gasteiger charge is -2.09. The zero-order valence-electron chi connectivity index (χ0n) is 10.8. The smallest absolute Gasteiger partial charge is 0.133 e. The maximum absolute atomic E-state index is 5.82. The van der Waals surface area contributed by atoms with Crippen LogP contribution in [-0.2, 0) is 6.61 Å². The highest BCUT2D eigenvalue weighted by Gasteiger charge is 2.17. The van der Waals surface area contributed by atoms with Crippen molar-refractivity contribution in [1.82, 2.24) is 9.78 Å². The standard InChI is InChI=1S/C15H17IN2O/c16-14-7-3-4-8-15(14)19-11-12-9-10-18(17-12)13-5-1-2-6-13/h3-4,7-10,13H,1-2,5-6,11H2. The fourth-order valence-corrected chi connectivity index (χ4v) is 3.08. The van der Waals surface area contributed by atoms with Gasteiger partial charge in [-0.3, -0.25) is 4.68 Å². The van der Waals surface area contributed by atoms with Crippen LogP contribution in [0.25, 0.3) is 0 Å². The van der Waals surface area contributed by atoms with Crippen LogP contribution in [0.15, 0.2) is 36.5 Å². The molecular weight excluding hydrogens is 351 g/mol. The molecule has 0 spiro atoms. The normalized spacial score (nSPS) is 15.8. The molecule has 0 bridgehead atoms. The summed E-state index contributed by atoms with van der Waals surface area (Å²) in [7, 11) is 0. The van der Waals surface area contributed by atoms with Crippen LogP contribution in [0.2, 0.25) is 0 Å². The van der Waals surface area contributed by atoms with Crippen molar-refractivity contribution in [2.24, 2.45) is 0 Å². The number of para-hydroxylation sites is 1. The average Bonchev–Trinajstić information content (AvgIpc) is 3.09. The van der Waals surface area contributed by atoms with Gasteiger partial charge >= 0.3 is 0 Å². The molecule has 0 N–H and O–H groups in total. The number of benzene rings is 1. The fraction of sp³-hybridized carbons (Fsp3) is 0.400. The van der Waals surface area contributed by atoms with Crippen LogP contribution in [0.4, 0.5) is 0 Å². The maximum atomic E-state index is 5.82. The van der Waals surface area contributed by atoms with Crippen molar-refractivity contribution < 1.29 is 4.74 Å². The van der Waals surface area contributed by atoms with Gasteiger partial charge in [-0.25, -0.2) is 0 Å². The highest BCUT2D eigenvalue weighted by molar-refractivity contribution is 14.1.